The van der Waals surface area contributed by atoms with Crippen LogP contribution in [-0.2, 0) is 14.3 Å². The summed E-state index contributed by atoms with van der Waals surface area (Å²) >= 11 is 0. The Balaban J connectivity index is 3.38. The third-order valence-corrected chi connectivity index (χ3v) is 15.9. The Morgan fingerprint density at radius 1 is 0.368 bits per heavy atom. The molecule has 0 rings (SSSR count). The zero-order valence-electron chi connectivity index (χ0n) is 51.3. The second kappa shape index (κ2) is 65.6. The standard InChI is InChI=1S/C70H133NO5/c1-3-5-7-9-11-13-15-38-42-46-50-54-58-62-68(73)67(66-72)71-69(74)63-59-55-51-47-43-40-36-34-32-30-28-26-24-22-20-18-17-19-21-23-25-27-29-31-33-35-37-41-45-49-53-57-61-65-76-70(75)64-60-56-52-48-44-39-16-14-12-10-8-6-4-2/h21,23,27,29,58,62,67-68,72-73H,3-20,22,24-26,28,30-57,59-61,63-66H2,1-2H3,(H,71,74)/b23-21-,29-27-,62-58+. The summed E-state index contributed by atoms with van der Waals surface area (Å²) in [6, 6.07) is -0.626. The van der Waals surface area contributed by atoms with Gasteiger partial charge in [-0.3, -0.25) is 9.59 Å². The van der Waals surface area contributed by atoms with Crippen LogP contribution in [0.4, 0.5) is 0 Å². The second-order valence-electron chi connectivity index (χ2n) is 23.5. The van der Waals surface area contributed by atoms with Crippen LogP contribution < -0.4 is 5.32 Å². The van der Waals surface area contributed by atoms with Gasteiger partial charge in [0.25, 0.3) is 0 Å². The van der Waals surface area contributed by atoms with Crippen LogP contribution in [0.5, 0.6) is 0 Å². The first-order chi connectivity index (χ1) is 37.5. The summed E-state index contributed by atoms with van der Waals surface area (Å²) in [7, 11) is 0. The molecule has 6 nitrogen and oxygen atoms in total. The van der Waals surface area contributed by atoms with Crippen molar-refractivity contribution < 1.29 is 24.5 Å². The number of carbonyl (C=O) groups is 2. The lowest BCUT2D eigenvalue weighted by molar-refractivity contribution is -0.143. The molecule has 0 fully saturated rings. The van der Waals surface area contributed by atoms with E-state index in [1.54, 1.807) is 6.08 Å². The number of hydrogen-bond acceptors (Lipinski definition) is 5. The molecule has 0 spiro atoms. The van der Waals surface area contributed by atoms with Crippen molar-refractivity contribution in [3.05, 3.63) is 36.5 Å². The summed E-state index contributed by atoms with van der Waals surface area (Å²) in [5.74, 6) is -0.0494. The lowest BCUT2D eigenvalue weighted by Crippen LogP contribution is -2.45. The second-order valence-corrected chi connectivity index (χ2v) is 23.5. The number of unbranched alkanes of at least 4 members (excludes halogenated alkanes) is 49. The fourth-order valence-corrected chi connectivity index (χ4v) is 10.7. The van der Waals surface area contributed by atoms with Gasteiger partial charge in [-0.1, -0.05) is 333 Å². The Kier molecular flexibility index (Phi) is 63.9. The van der Waals surface area contributed by atoms with E-state index in [-0.39, 0.29) is 18.5 Å². The first-order valence-electron chi connectivity index (χ1n) is 34.3. The number of aliphatic hydroxyl groups excluding tert-OH is 2. The van der Waals surface area contributed by atoms with E-state index in [4.69, 9.17) is 4.74 Å². The number of carbonyl (C=O) groups excluding carboxylic acids is 2. The van der Waals surface area contributed by atoms with E-state index in [1.807, 2.05) is 6.08 Å². The topological polar surface area (TPSA) is 95.9 Å². The molecule has 2 unspecified atom stereocenters. The van der Waals surface area contributed by atoms with E-state index in [2.05, 4.69) is 43.5 Å². The minimum Gasteiger partial charge on any atom is -0.466 e. The molecular weight excluding hydrogens is 935 g/mol. The van der Waals surface area contributed by atoms with E-state index in [0.29, 0.717) is 19.4 Å². The highest BCUT2D eigenvalue weighted by atomic mass is 16.5. The Morgan fingerprint density at radius 3 is 1.00 bits per heavy atom. The fourth-order valence-electron chi connectivity index (χ4n) is 10.7. The van der Waals surface area contributed by atoms with Gasteiger partial charge >= 0.3 is 5.97 Å². The van der Waals surface area contributed by atoms with Gasteiger partial charge in [0.05, 0.1) is 25.4 Å². The Bertz CT molecular complexity index is 1230. The summed E-state index contributed by atoms with van der Waals surface area (Å²) < 4.78 is 5.48. The van der Waals surface area contributed by atoms with Crippen LogP contribution in [0.1, 0.15) is 373 Å². The van der Waals surface area contributed by atoms with Gasteiger partial charge in [-0.25, -0.2) is 0 Å². The van der Waals surface area contributed by atoms with Gasteiger partial charge in [-0.05, 0) is 64.2 Å². The van der Waals surface area contributed by atoms with Gasteiger partial charge in [-0.15, -0.1) is 0 Å². The number of amides is 1. The molecule has 0 aromatic rings. The summed E-state index contributed by atoms with van der Waals surface area (Å²) in [5.41, 5.74) is 0. The van der Waals surface area contributed by atoms with E-state index < -0.39 is 12.1 Å². The van der Waals surface area contributed by atoms with Gasteiger partial charge in [-0.2, -0.15) is 0 Å². The van der Waals surface area contributed by atoms with Crippen LogP contribution in [0.15, 0.2) is 36.5 Å². The minimum atomic E-state index is -0.842. The lowest BCUT2D eigenvalue weighted by atomic mass is 10.0. The smallest absolute Gasteiger partial charge is 0.305 e. The average Bonchev–Trinajstić information content (AvgIpc) is 3.42. The molecular formula is C70H133NO5. The monoisotopic (exact) mass is 1070 g/mol. The van der Waals surface area contributed by atoms with Crippen molar-refractivity contribution in [2.75, 3.05) is 13.2 Å². The molecule has 3 N–H and O–H groups in total. The van der Waals surface area contributed by atoms with Crippen molar-refractivity contribution in [3.8, 4) is 0 Å². The maximum atomic E-state index is 12.5. The molecule has 6 heteroatoms. The van der Waals surface area contributed by atoms with E-state index in [9.17, 15) is 19.8 Å². The first-order valence-corrected chi connectivity index (χ1v) is 34.3. The number of esters is 1. The first kappa shape index (κ1) is 74.1. The number of aliphatic hydroxyl groups is 2. The fraction of sp³-hybridized carbons (Fsp3) is 0.886. The van der Waals surface area contributed by atoms with Gasteiger partial charge in [0.2, 0.25) is 5.91 Å². The molecule has 0 radical (unpaired) electrons. The Hall–Kier alpha value is -1.92. The molecule has 0 heterocycles. The minimum absolute atomic E-state index is 0.0157. The molecule has 0 saturated carbocycles. The third-order valence-electron chi connectivity index (χ3n) is 15.9. The van der Waals surface area contributed by atoms with Crippen molar-refractivity contribution in [1.82, 2.24) is 5.32 Å². The zero-order valence-corrected chi connectivity index (χ0v) is 51.3. The predicted octanol–water partition coefficient (Wildman–Crippen LogP) is 21.9. The maximum Gasteiger partial charge on any atom is 0.305 e. The molecule has 0 aromatic heterocycles. The van der Waals surface area contributed by atoms with Gasteiger partial charge in [0.15, 0.2) is 0 Å². The van der Waals surface area contributed by atoms with Gasteiger partial charge in [0, 0.05) is 12.8 Å². The molecule has 76 heavy (non-hydrogen) atoms. The average molecular weight is 1070 g/mol. The summed E-state index contributed by atoms with van der Waals surface area (Å²) in [6.07, 6.45) is 83.7. The number of allylic oxidation sites excluding steroid dienone is 5. The molecule has 0 saturated heterocycles. The zero-order chi connectivity index (χ0) is 55.0. The van der Waals surface area contributed by atoms with Crippen LogP contribution in [0.3, 0.4) is 0 Å². The molecule has 448 valence electrons. The molecule has 0 aliphatic heterocycles. The van der Waals surface area contributed by atoms with Crippen LogP contribution >= 0.6 is 0 Å². The normalized spacial score (nSPS) is 12.7. The van der Waals surface area contributed by atoms with Crippen LogP contribution in [0.2, 0.25) is 0 Å². The Labute approximate surface area is 474 Å². The number of nitrogens with one attached hydrogen (secondary N) is 1. The molecule has 0 aliphatic rings. The number of rotatable bonds is 64. The van der Waals surface area contributed by atoms with Crippen molar-refractivity contribution in [2.45, 2.75) is 386 Å². The highest BCUT2D eigenvalue weighted by molar-refractivity contribution is 5.76. The van der Waals surface area contributed by atoms with Crippen LogP contribution in [0, 0.1) is 0 Å². The van der Waals surface area contributed by atoms with E-state index in [0.717, 1.165) is 44.9 Å². The van der Waals surface area contributed by atoms with Crippen molar-refractivity contribution >= 4 is 11.9 Å². The number of hydrogen-bond donors (Lipinski definition) is 3. The summed E-state index contributed by atoms with van der Waals surface area (Å²) in [6.45, 7) is 4.92. The van der Waals surface area contributed by atoms with Crippen molar-refractivity contribution in [2.24, 2.45) is 0 Å². The van der Waals surface area contributed by atoms with Crippen molar-refractivity contribution in [1.29, 1.82) is 0 Å². The SMILES string of the molecule is CCCCCCCCCCCCC/C=C/C(O)C(CO)NC(=O)CCCCCCCCCCCCCCCCCCC/C=C\C/C=C\CCCCCCCCCCCOC(=O)CCCCCCCCCCCCCCC. The third kappa shape index (κ3) is 61.3. The van der Waals surface area contributed by atoms with Crippen LogP contribution in [0.25, 0.3) is 0 Å². The van der Waals surface area contributed by atoms with E-state index >= 15 is 0 Å². The maximum absolute atomic E-state index is 12.5. The van der Waals surface area contributed by atoms with Gasteiger partial charge < -0.3 is 20.3 Å². The lowest BCUT2D eigenvalue weighted by Gasteiger charge is -2.20. The highest BCUT2D eigenvalue weighted by Gasteiger charge is 2.18. The molecule has 0 aromatic carbocycles. The number of ether oxygens (including phenoxy) is 1. The van der Waals surface area contributed by atoms with Crippen LogP contribution in [-0.4, -0.2) is 47.4 Å². The molecule has 1 amide bonds. The summed E-state index contributed by atoms with van der Waals surface area (Å²) in [4.78, 5) is 24.5. The summed E-state index contributed by atoms with van der Waals surface area (Å²) in [5, 5.41) is 23.1. The molecule has 2 atom stereocenters. The highest BCUT2D eigenvalue weighted by Crippen LogP contribution is 2.18. The quantitative estimate of drug-likeness (QED) is 0.0320. The van der Waals surface area contributed by atoms with E-state index in [1.165, 1.54) is 302 Å². The Morgan fingerprint density at radius 2 is 0.658 bits per heavy atom. The van der Waals surface area contributed by atoms with Crippen molar-refractivity contribution in [3.63, 3.8) is 0 Å². The largest absolute Gasteiger partial charge is 0.466 e. The molecule has 0 bridgehead atoms. The predicted molar refractivity (Wildman–Crippen MR) is 333 cm³/mol. The molecule has 0 aliphatic carbocycles. The van der Waals surface area contributed by atoms with Gasteiger partial charge in [0.1, 0.15) is 0 Å².